The van der Waals surface area contributed by atoms with Crippen LogP contribution < -0.4 is 0 Å². The molecule has 0 aliphatic carbocycles. The maximum Gasteiger partial charge on any atom is 0 e. The first kappa shape index (κ1) is 33.6. The zero-order chi connectivity index (χ0) is 0. The molecule has 0 heterocycles. The minimum Gasteiger partial charge on any atom is 0 e. The molecular weight excluding hydrogens is 514 g/mol. The Hall–Kier alpha value is 4.57. The minimum atomic E-state index is 0. The first-order chi connectivity index (χ1) is 0. The van der Waals surface area contributed by atoms with Crippen molar-refractivity contribution < 1.29 is 137 Å². The van der Waals surface area contributed by atoms with Crippen LogP contribution in [0.25, 0.3) is 0 Å². The Morgan fingerprint density at radius 3 is 1.00 bits per heavy atom. The molecule has 0 unspecified atom stereocenters. The van der Waals surface area contributed by atoms with Crippen LogP contribution in [0.2, 0.25) is 0 Å². The molecule has 0 spiro atoms. The third-order valence-corrected chi connectivity index (χ3v) is 0. The molecule has 0 fully saturated rings. The number of hydrogen-bond donors (Lipinski definition) is 0. The number of rotatable bonds is 0. The average Bonchev–Trinajstić information content (AvgIpc) is 0. The Balaban J connectivity index is 0. The van der Waals surface area contributed by atoms with Crippen molar-refractivity contribution >= 4 is 8.41 Å². The monoisotopic (exact) mass is 514 g/mol. The van der Waals surface area contributed by atoms with Gasteiger partial charge in [-0.3, -0.25) is 0 Å². The third-order valence-electron chi connectivity index (χ3n) is 0. The maximum absolute atomic E-state index is 0. The van der Waals surface area contributed by atoms with Gasteiger partial charge in [0.05, 0.1) is 0 Å². The van der Waals surface area contributed by atoms with Gasteiger partial charge in [0.25, 0.3) is 0 Å². The second kappa shape index (κ2) is 23.5. The van der Waals surface area contributed by atoms with E-state index in [1.165, 1.54) is 0 Å². The maximum atomic E-state index is 0. The van der Waals surface area contributed by atoms with Crippen LogP contribution in [0.5, 0.6) is 0 Å². The summed E-state index contributed by atoms with van der Waals surface area (Å²) in [7, 11) is 0. The molecule has 0 bridgehead atoms. The van der Waals surface area contributed by atoms with E-state index < -0.39 is 0 Å². The summed E-state index contributed by atoms with van der Waals surface area (Å²) >= 11 is 0. The van der Waals surface area contributed by atoms with Crippen LogP contribution in [0.1, 0.15) is 0 Å². The second-order valence-corrected chi connectivity index (χ2v) is 0. The number of hydrogen-bond acceptors (Lipinski definition) is 0. The average molecular weight is 514 g/mol. The third kappa shape index (κ3) is 17.7. The van der Waals surface area contributed by atoms with E-state index in [1.807, 2.05) is 0 Å². The van der Waals surface area contributed by atoms with E-state index in [9.17, 15) is 0 Å². The van der Waals surface area contributed by atoms with E-state index in [-0.39, 0.29) is 146 Å². The van der Waals surface area contributed by atoms with Crippen LogP contribution in [0.4, 0.5) is 0 Å². The van der Waals surface area contributed by atoms with Gasteiger partial charge in [-0.25, -0.2) is 0 Å². The van der Waals surface area contributed by atoms with E-state index in [2.05, 4.69) is 0 Å². The molecule has 0 aromatic rings. The van der Waals surface area contributed by atoms with E-state index in [1.54, 1.807) is 0 Å². The molecular formula is BDyFeNdPr. The topological polar surface area (TPSA) is 0 Å². The van der Waals surface area contributed by atoms with Crippen LogP contribution in [-0.2, 0) is 17.1 Å². The van der Waals surface area contributed by atoms with Gasteiger partial charge in [-0.1, -0.05) is 0 Å². The van der Waals surface area contributed by atoms with Gasteiger partial charge in [0.2, 0.25) is 0 Å². The first-order valence-electron chi connectivity index (χ1n) is 0. The molecule has 0 aromatic heterocycles. The molecule has 0 saturated carbocycles. The SMILES string of the molecule is [B].[Dy].[Fe].[Nd].[Pr]. The summed E-state index contributed by atoms with van der Waals surface area (Å²) in [5, 5.41) is 0. The quantitative estimate of drug-likeness (QED) is 0.387. The Morgan fingerprint density at radius 2 is 1.00 bits per heavy atom. The van der Waals surface area contributed by atoms with Crippen LogP contribution in [-0.4, -0.2) is 8.41 Å². The van der Waals surface area contributed by atoms with E-state index >= 15 is 0 Å². The van der Waals surface area contributed by atoms with Crippen molar-refractivity contribution in [1.82, 2.24) is 0 Å². The Labute approximate surface area is 141 Å². The summed E-state index contributed by atoms with van der Waals surface area (Å²) in [6, 6.07) is 0. The summed E-state index contributed by atoms with van der Waals surface area (Å²) in [6.45, 7) is 0. The fourth-order valence-electron chi connectivity index (χ4n) is 0. The van der Waals surface area contributed by atoms with Crippen LogP contribution in [0.15, 0.2) is 0 Å². The molecule has 0 atom stereocenters. The van der Waals surface area contributed by atoms with Gasteiger partial charge in [0.15, 0.2) is 0 Å². The molecule has 0 N–H and O–H groups in total. The fourth-order valence-corrected chi connectivity index (χ4v) is 0. The fraction of sp³-hybridized carbons (Fsp3) is 0. The van der Waals surface area contributed by atoms with Gasteiger partial charge in [-0.05, 0) is 0 Å². The molecule has 0 aliphatic heterocycles. The van der Waals surface area contributed by atoms with Crippen molar-refractivity contribution in [2.24, 2.45) is 0 Å². The molecule has 5 heteroatoms. The Kier molecular flexibility index (Phi) is 158. The van der Waals surface area contributed by atoms with Crippen molar-refractivity contribution in [3.8, 4) is 0 Å². The largest absolute Gasteiger partial charge is 0 e. The van der Waals surface area contributed by atoms with Crippen LogP contribution >= 0.6 is 0 Å². The normalized spacial score (nSPS) is 0. The minimum absolute atomic E-state index is 0. The van der Waals surface area contributed by atoms with Crippen molar-refractivity contribution in [3.63, 3.8) is 0 Å². The molecule has 28 valence electrons. The van der Waals surface area contributed by atoms with Crippen molar-refractivity contribution in [1.29, 1.82) is 0 Å². The second-order valence-electron chi connectivity index (χ2n) is 0. The summed E-state index contributed by atoms with van der Waals surface area (Å²) in [5.74, 6) is 0. The molecule has 0 rings (SSSR count). The van der Waals surface area contributed by atoms with E-state index in [0.717, 1.165) is 0 Å². The smallest absolute Gasteiger partial charge is 0 e. The summed E-state index contributed by atoms with van der Waals surface area (Å²) in [6.07, 6.45) is 0. The molecule has 0 aromatic carbocycles. The van der Waals surface area contributed by atoms with Gasteiger partial charge in [-0.2, -0.15) is 0 Å². The van der Waals surface area contributed by atoms with Crippen LogP contribution in [0.3, 0.4) is 0 Å². The first-order valence-corrected chi connectivity index (χ1v) is 0. The van der Waals surface area contributed by atoms with Gasteiger partial charge >= 0.3 is 0 Å². The molecule has 0 aliphatic rings. The van der Waals surface area contributed by atoms with E-state index in [0.29, 0.717) is 0 Å². The van der Waals surface area contributed by atoms with Gasteiger partial charge in [0, 0.05) is 146 Å². The zero-order valence-corrected chi connectivity index (χ0v) is 12.4. The Bertz CT molecular complexity index is 11.6. The molecule has 0 amide bonds. The van der Waals surface area contributed by atoms with Crippen molar-refractivity contribution in [3.05, 3.63) is 0 Å². The zero-order valence-electron chi connectivity index (χ0n) is 2.32. The summed E-state index contributed by atoms with van der Waals surface area (Å²) in [5.41, 5.74) is 0. The van der Waals surface area contributed by atoms with Gasteiger partial charge in [-0.15, -0.1) is 0 Å². The van der Waals surface area contributed by atoms with Crippen molar-refractivity contribution in [2.45, 2.75) is 0 Å². The Morgan fingerprint density at radius 1 is 1.00 bits per heavy atom. The van der Waals surface area contributed by atoms with Crippen LogP contribution in [0, 0.1) is 120 Å². The molecule has 5 heavy (non-hydrogen) atoms. The van der Waals surface area contributed by atoms with Gasteiger partial charge in [0.1, 0.15) is 0 Å². The molecule has 0 saturated heterocycles. The molecule has 0 nitrogen and oxygen atoms in total. The summed E-state index contributed by atoms with van der Waals surface area (Å²) < 4.78 is 0. The van der Waals surface area contributed by atoms with Crippen molar-refractivity contribution in [2.75, 3.05) is 0 Å². The predicted molar refractivity (Wildman–Crippen MR) is 5.75 cm³/mol. The standard InChI is InChI=1S/B.Dy.Fe.Nd.Pr. The predicted octanol–water partition coefficient (Wildman–Crippen LogP) is -0.383. The molecule has 4 radical (unpaired) electrons. The summed E-state index contributed by atoms with van der Waals surface area (Å²) in [4.78, 5) is 0. The van der Waals surface area contributed by atoms with Gasteiger partial charge < -0.3 is 0 Å². The van der Waals surface area contributed by atoms with E-state index in [4.69, 9.17) is 0 Å².